The van der Waals surface area contributed by atoms with Crippen molar-refractivity contribution in [1.82, 2.24) is 14.7 Å². The molecule has 0 saturated heterocycles. The lowest BCUT2D eigenvalue weighted by Crippen LogP contribution is -2.32. The summed E-state index contributed by atoms with van der Waals surface area (Å²) >= 11 is 0. The minimum absolute atomic E-state index is 0.0324. The number of anilines is 1. The molecule has 148 valence electrons. The molecule has 0 aliphatic carbocycles. The lowest BCUT2D eigenvalue weighted by molar-refractivity contribution is -0.114. The van der Waals surface area contributed by atoms with E-state index in [4.69, 9.17) is 0 Å². The van der Waals surface area contributed by atoms with Crippen LogP contribution in [0.1, 0.15) is 38.2 Å². The van der Waals surface area contributed by atoms with Gasteiger partial charge in [0.25, 0.3) is 0 Å². The van der Waals surface area contributed by atoms with Crippen molar-refractivity contribution in [3.05, 3.63) is 53.9 Å². The maximum absolute atomic E-state index is 13.0. The van der Waals surface area contributed by atoms with Gasteiger partial charge >= 0.3 is 0 Å². The molecule has 0 fully saturated rings. The highest BCUT2D eigenvalue weighted by Crippen LogP contribution is 2.25. The summed E-state index contributed by atoms with van der Waals surface area (Å²) in [4.78, 5) is 19.1. The molecule has 1 aromatic heterocycles. The maximum atomic E-state index is 13.0. The second-order valence-corrected chi connectivity index (χ2v) is 8.91. The number of amides is 1. The van der Waals surface area contributed by atoms with Crippen LogP contribution in [0, 0.1) is 12.8 Å². The van der Waals surface area contributed by atoms with E-state index in [0.717, 1.165) is 16.6 Å². The summed E-state index contributed by atoms with van der Waals surface area (Å²) in [5, 5.41) is 2.60. The van der Waals surface area contributed by atoms with Crippen molar-refractivity contribution in [3.8, 4) is 0 Å². The van der Waals surface area contributed by atoms with Gasteiger partial charge in [-0.25, -0.2) is 18.1 Å². The molecule has 0 aliphatic rings. The number of nitrogens with zero attached hydrogens (tertiary/aromatic N) is 1. The summed E-state index contributed by atoms with van der Waals surface area (Å²) in [6.07, 6.45) is 0. The maximum Gasteiger partial charge on any atom is 0.241 e. The van der Waals surface area contributed by atoms with Crippen molar-refractivity contribution in [2.75, 3.05) is 5.32 Å². The van der Waals surface area contributed by atoms with Gasteiger partial charge in [-0.2, -0.15) is 0 Å². The van der Waals surface area contributed by atoms with Crippen LogP contribution in [0.15, 0.2) is 47.4 Å². The Morgan fingerprint density at radius 1 is 1.14 bits per heavy atom. The zero-order valence-corrected chi connectivity index (χ0v) is 17.1. The number of benzene rings is 2. The van der Waals surface area contributed by atoms with Gasteiger partial charge in [0.15, 0.2) is 0 Å². The fourth-order valence-electron chi connectivity index (χ4n) is 2.98. The van der Waals surface area contributed by atoms with Crippen LogP contribution >= 0.6 is 0 Å². The van der Waals surface area contributed by atoms with E-state index >= 15 is 0 Å². The Kier molecular flexibility index (Phi) is 5.53. The van der Waals surface area contributed by atoms with Crippen molar-refractivity contribution in [1.29, 1.82) is 0 Å². The number of aromatic amines is 1. The molecule has 8 heteroatoms. The van der Waals surface area contributed by atoms with Crippen LogP contribution < -0.4 is 10.0 Å². The Bertz CT molecular complexity index is 1120. The number of imidazole rings is 1. The Balaban J connectivity index is 1.93. The van der Waals surface area contributed by atoms with Crippen LogP contribution in [0.4, 0.5) is 5.69 Å². The largest absolute Gasteiger partial charge is 0.341 e. The van der Waals surface area contributed by atoms with E-state index in [9.17, 15) is 13.2 Å². The van der Waals surface area contributed by atoms with Crippen molar-refractivity contribution < 1.29 is 13.2 Å². The Morgan fingerprint density at radius 3 is 2.57 bits per heavy atom. The van der Waals surface area contributed by atoms with Gasteiger partial charge < -0.3 is 10.3 Å². The highest BCUT2D eigenvalue weighted by molar-refractivity contribution is 7.89. The number of aromatic nitrogens is 2. The van der Waals surface area contributed by atoms with E-state index in [1.165, 1.54) is 19.1 Å². The first kappa shape index (κ1) is 20.0. The molecule has 28 heavy (non-hydrogen) atoms. The standard InChI is InChI=1S/C20H24N4O3S/c1-12(2)19(20-22-17-9-8-13(3)10-18(17)23-20)24-28(26,27)16-7-5-6-15(11-16)21-14(4)25/h5-12,19,24H,1-4H3,(H,21,25)(H,22,23). The highest BCUT2D eigenvalue weighted by Gasteiger charge is 2.26. The normalized spacial score (nSPS) is 13.0. The molecule has 3 aromatic rings. The van der Waals surface area contributed by atoms with E-state index in [0.29, 0.717) is 11.5 Å². The fourth-order valence-corrected chi connectivity index (χ4v) is 4.37. The van der Waals surface area contributed by atoms with Gasteiger partial charge in [0.2, 0.25) is 15.9 Å². The first-order valence-electron chi connectivity index (χ1n) is 9.02. The first-order chi connectivity index (χ1) is 13.2. The van der Waals surface area contributed by atoms with Crippen LogP contribution in [0.3, 0.4) is 0 Å². The van der Waals surface area contributed by atoms with Gasteiger partial charge in [0.1, 0.15) is 5.82 Å². The second-order valence-electron chi connectivity index (χ2n) is 7.19. The number of carbonyl (C=O) groups is 1. The second kappa shape index (κ2) is 7.73. The van der Waals surface area contributed by atoms with Crippen molar-refractivity contribution in [2.24, 2.45) is 5.92 Å². The van der Waals surface area contributed by atoms with Crippen molar-refractivity contribution in [3.63, 3.8) is 0 Å². The molecule has 7 nitrogen and oxygen atoms in total. The third-order valence-electron chi connectivity index (χ3n) is 4.36. The predicted molar refractivity (Wildman–Crippen MR) is 109 cm³/mol. The van der Waals surface area contributed by atoms with E-state index in [-0.39, 0.29) is 16.7 Å². The molecular weight excluding hydrogens is 376 g/mol. The van der Waals surface area contributed by atoms with E-state index in [1.54, 1.807) is 12.1 Å². The molecule has 3 N–H and O–H groups in total. The average Bonchev–Trinajstić information content (AvgIpc) is 3.02. The van der Waals surface area contributed by atoms with Crippen LogP contribution in [-0.4, -0.2) is 24.3 Å². The van der Waals surface area contributed by atoms with Gasteiger partial charge in [-0.1, -0.05) is 26.0 Å². The molecule has 2 aromatic carbocycles. The van der Waals surface area contributed by atoms with Gasteiger partial charge in [0, 0.05) is 12.6 Å². The third kappa shape index (κ3) is 4.40. The number of hydrogen-bond donors (Lipinski definition) is 3. The van der Waals surface area contributed by atoms with Crippen LogP contribution in [0.5, 0.6) is 0 Å². The number of rotatable bonds is 6. The number of hydrogen-bond acceptors (Lipinski definition) is 4. The van der Waals surface area contributed by atoms with E-state index in [1.807, 2.05) is 39.0 Å². The number of nitrogens with one attached hydrogen (secondary N) is 3. The Morgan fingerprint density at radius 2 is 1.89 bits per heavy atom. The van der Waals surface area contributed by atoms with E-state index in [2.05, 4.69) is 20.0 Å². The monoisotopic (exact) mass is 400 g/mol. The summed E-state index contributed by atoms with van der Waals surface area (Å²) in [5.74, 6) is 0.271. The van der Waals surface area contributed by atoms with Crippen LogP contribution in [0.2, 0.25) is 0 Å². The van der Waals surface area contributed by atoms with Gasteiger partial charge in [-0.3, -0.25) is 4.79 Å². The summed E-state index contributed by atoms with van der Waals surface area (Å²) < 4.78 is 28.7. The van der Waals surface area contributed by atoms with E-state index < -0.39 is 16.1 Å². The van der Waals surface area contributed by atoms with Crippen molar-refractivity contribution in [2.45, 2.75) is 38.6 Å². The zero-order chi connectivity index (χ0) is 20.5. The third-order valence-corrected chi connectivity index (χ3v) is 5.80. The fraction of sp³-hybridized carbons (Fsp3) is 0.300. The SMILES string of the molecule is CC(=O)Nc1cccc(S(=O)(=O)NC(c2nc3ccc(C)cc3[nH]2)C(C)C)c1. The summed E-state index contributed by atoms with van der Waals surface area (Å²) in [5.41, 5.74) is 3.18. The molecule has 0 bridgehead atoms. The molecule has 1 amide bonds. The quantitative estimate of drug-likeness (QED) is 0.589. The summed E-state index contributed by atoms with van der Waals surface area (Å²) in [7, 11) is -3.82. The number of carbonyl (C=O) groups excluding carboxylic acids is 1. The van der Waals surface area contributed by atoms with Crippen LogP contribution in [0.25, 0.3) is 11.0 Å². The Labute approximate surface area is 164 Å². The van der Waals surface area contributed by atoms with Crippen LogP contribution in [-0.2, 0) is 14.8 Å². The van der Waals surface area contributed by atoms with Gasteiger partial charge in [-0.15, -0.1) is 0 Å². The van der Waals surface area contributed by atoms with Gasteiger partial charge in [0.05, 0.1) is 22.0 Å². The molecule has 3 rings (SSSR count). The number of fused-ring (bicyclic) bond motifs is 1. The number of sulfonamides is 1. The molecule has 0 radical (unpaired) electrons. The zero-order valence-electron chi connectivity index (χ0n) is 16.3. The molecule has 0 aliphatic heterocycles. The summed E-state index contributed by atoms with van der Waals surface area (Å²) in [6, 6.07) is 11.5. The average molecular weight is 401 g/mol. The molecule has 1 atom stereocenters. The molecule has 1 heterocycles. The van der Waals surface area contributed by atoms with Crippen molar-refractivity contribution >= 4 is 32.7 Å². The highest BCUT2D eigenvalue weighted by atomic mass is 32.2. The minimum Gasteiger partial charge on any atom is -0.341 e. The van der Waals surface area contributed by atoms with Gasteiger partial charge in [-0.05, 0) is 48.7 Å². The topological polar surface area (TPSA) is 104 Å². The number of aryl methyl sites for hydroxylation is 1. The Hall–Kier alpha value is -2.71. The molecule has 0 spiro atoms. The minimum atomic E-state index is -3.82. The molecule has 1 unspecified atom stereocenters. The lowest BCUT2D eigenvalue weighted by Gasteiger charge is -2.20. The number of H-pyrrole nitrogens is 1. The first-order valence-corrected chi connectivity index (χ1v) is 10.5. The lowest BCUT2D eigenvalue weighted by atomic mass is 10.1. The predicted octanol–water partition coefficient (Wildman–Crippen LogP) is 3.51. The summed E-state index contributed by atoms with van der Waals surface area (Å²) in [6.45, 7) is 7.22. The molecular formula is C20H24N4O3S. The smallest absolute Gasteiger partial charge is 0.241 e. The molecule has 0 saturated carbocycles.